The summed E-state index contributed by atoms with van der Waals surface area (Å²) in [7, 11) is 1.45. The molecule has 2 aromatic carbocycles. The van der Waals surface area contributed by atoms with Gasteiger partial charge in [0.1, 0.15) is 11.6 Å². The Kier molecular flexibility index (Phi) is 4.42. The summed E-state index contributed by atoms with van der Waals surface area (Å²) in [5.74, 6) is -0.652. The lowest BCUT2D eigenvalue weighted by Gasteiger charge is -2.21. The van der Waals surface area contributed by atoms with E-state index in [4.69, 9.17) is 10.5 Å². The average Bonchev–Trinajstić information content (AvgIpc) is 2.47. The first kappa shape index (κ1) is 14.8. The molecule has 0 aliphatic rings. The molecular weight excluding hydrogens is 271 g/mol. The highest BCUT2D eigenvalue weighted by molar-refractivity contribution is 6.06. The molecule has 0 bridgehead atoms. The molecule has 4 nitrogen and oxygen atoms in total. The fraction of sp³-hybridized carbons (Fsp3) is 0.188. The molecule has 21 heavy (non-hydrogen) atoms. The second-order valence-corrected chi connectivity index (χ2v) is 4.49. The predicted molar refractivity (Wildman–Crippen MR) is 81.2 cm³/mol. The van der Waals surface area contributed by atoms with Crippen LogP contribution in [0, 0.1) is 5.82 Å². The van der Waals surface area contributed by atoms with E-state index in [-0.39, 0.29) is 5.56 Å². The number of hydrogen-bond acceptors (Lipinski definition) is 3. The number of nitrogen functional groups attached to an aromatic ring is 1. The van der Waals surface area contributed by atoms with Crippen LogP contribution < -0.4 is 15.4 Å². The van der Waals surface area contributed by atoms with Gasteiger partial charge in [0, 0.05) is 24.0 Å². The number of nitrogens with two attached hydrogens (primary N) is 1. The monoisotopic (exact) mass is 288 g/mol. The maximum atomic E-state index is 14.0. The van der Waals surface area contributed by atoms with Gasteiger partial charge in [0.15, 0.2) is 0 Å². The Bertz CT molecular complexity index is 658. The Balaban J connectivity index is 2.37. The molecule has 1 amide bonds. The number of carbonyl (C=O) groups excluding carboxylic acids is 1. The van der Waals surface area contributed by atoms with E-state index in [1.54, 1.807) is 30.3 Å². The van der Waals surface area contributed by atoms with Crippen molar-refractivity contribution in [2.75, 3.05) is 24.3 Å². The molecule has 0 aliphatic heterocycles. The smallest absolute Gasteiger partial charge is 0.261 e. The molecule has 0 heterocycles. The molecule has 0 saturated heterocycles. The predicted octanol–water partition coefficient (Wildman–Crippen LogP) is 3.08. The fourth-order valence-electron chi connectivity index (χ4n) is 2.08. The normalized spacial score (nSPS) is 10.2. The minimum absolute atomic E-state index is 0.0000690. The number of anilines is 2. The first-order valence-corrected chi connectivity index (χ1v) is 6.57. The van der Waals surface area contributed by atoms with E-state index in [1.807, 2.05) is 6.92 Å². The van der Waals surface area contributed by atoms with E-state index in [2.05, 4.69) is 0 Å². The minimum Gasteiger partial charge on any atom is -0.497 e. The number of hydrogen-bond donors (Lipinski definition) is 1. The molecule has 2 N–H and O–H groups in total. The van der Waals surface area contributed by atoms with Crippen molar-refractivity contribution in [1.82, 2.24) is 0 Å². The van der Waals surface area contributed by atoms with Crippen LogP contribution in [-0.4, -0.2) is 19.6 Å². The van der Waals surface area contributed by atoms with Crippen molar-refractivity contribution in [3.8, 4) is 5.75 Å². The minimum atomic E-state index is -0.610. The standard InChI is InChI=1S/C16H17FN2O2/c1-3-19(12-6-4-5-11(18)9-12)16(20)14-8-7-13(21-2)10-15(14)17/h4-10H,3,18H2,1-2H3. The second kappa shape index (κ2) is 6.26. The number of rotatable bonds is 4. The van der Waals surface area contributed by atoms with Gasteiger partial charge in [-0.2, -0.15) is 0 Å². The van der Waals surface area contributed by atoms with Crippen molar-refractivity contribution >= 4 is 17.3 Å². The van der Waals surface area contributed by atoms with Gasteiger partial charge in [-0.05, 0) is 37.3 Å². The van der Waals surface area contributed by atoms with E-state index < -0.39 is 11.7 Å². The van der Waals surface area contributed by atoms with E-state index in [0.29, 0.717) is 23.7 Å². The first-order valence-electron chi connectivity index (χ1n) is 6.57. The SMILES string of the molecule is CCN(C(=O)c1ccc(OC)cc1F)c1cccc(N)c1. The van der Waals surface area contributed by atoms with Crippen molar-refractivity contribution in [3.63, 3.8) is 0 Å². The Hall–Kier alpha value is -2.56. The van der Waals surface area contributed by atoms with Gasteiger partial charge in [-0.15, -0.1) is 0 Å². The highest BCUT2D eigenvalue weighted by Gasteiger charge is 2.20. The van der Waals surface area contributed by atoms with Crippen LogP contribution in [0.5, 0.6) is 5.75 Å². The lowest BCUT2D eigenvalue weighted by molar-refractivity contribution is 0.0984. The third-order valence-corrected chi connectivity index (χ3v) is 3.15. The van der Waals surface area contributed by atoms with Crippen molar-refractivity contribution < 1.29 is 13.9 Å². The van der Waals surface area contributed by atoms with Gasteiger partial charge in [-0.1, -0.05) is 6.07 Å². The van der Waals surface area contributed by atoms with Gasteiger partial charge in [0.25, 0.3) is 5.91 Å². The van der Waals surface area contributed by atoms with Gasteiger partial charge < -0.3 is 15.4 Å². The van der Waals surface area contributed by atoms with Crippen molar-refractivity contribution in [2.24, 2.45) is 0 Å². The quantitative estimate of drug-likeness (QED) is 0.880. The van der Waals surface area contributed by atoms with E-state index in [9.17, 15) is 9.18 Å². The maximum absolute atomic E-state index is 14.0. The summed E-state index contributed by atoms with van der Waals surface area (Å²) in [6.45, 7) is 2.23. The Morgan fingerprint density at radius 2 is 2.05 bits per heavy atom. The summed E-state index contributed by atoms with van der Waals surface area (Å²) in [5.41, 5.74) is 6.92. The van der Waals surface area contributed by atoms with Crippen molar-refractivity contribution in [3.05, 3.63) is 53.8 Å². The fourth-order valence-corrected chi connectivity index (χ4v) is 2.08. The zero-order chi connectivity index (χ0) is 15.4. The van der Waals surface area contributed by atoms with Crippen LogP contribution in [0.4, 0.5) is 15.8 Å². The Labute approximate surface area is 122 Å². The van der Waals surface area contributed by atoms with Crippen LogP contribution in [0.3, 0.4) is 0 Å². The number of halogens is 1. The molecule has 0 atom stereocenters. The molecule has 0 radical (unpaired) electrons. The van der Waals surface area contributed by atoms with Gasteiger partial charge in [0.2, 0.25) is 0 Å². The Morgan fingerprint density at radius 1 is 1.29 bits per heavy atom. The molecule has 0 fully saturated rings. The van der Waals surface area contributed by atoms with Crippen LogP contribution in [-0.2, 0) is 0 Å². The zero-order valence-corrected chi connectivity index (χ0v) is 12.0. The summed E-state index contributed by atoms with van der Waals surface area (Å²) in [6.07, 6.45) is 0. The highest BCUT2D eigenvalue weighted by Crippen LogP contribution is 2.22. The summed E-state index contributed by atoms with van der Waals surface area (Å²) in [4.78, 5) is 14.0. The molecule has 110 valence electrons. The van der Waals surface area contributed by atoms with Crippen LogP contribution in [0.2, 0.25) is 0 Å². The molecule has 5 heteroatoms. The van der Waals surface area contributed by atoms with E-state index >= 15 is 0 Å². The molecule has 0 aromatic heterocycles. The van der Waals surface area contributed by atoms with Crippen LogP contribution >= 0.6 is 0 Å². The van der Waals surface area contributed by atoms with E-state index in [1.165, 1.54) is 24.1 Å². The molecule has 2 aromatic rings. The third kappa shape index (κ3) is 3.13. The van der Waals surface area contributed by atoms with Crippen LogP contribution in [0.25, 0.3) is 0 Å². The summed E-state index contributed by atoms with van der Waals surface area (Å²) < 4.78 is 19.0. The molecule has 0 saturated carbocycles. The first-order chi connectivity index (χ1) is 10.1. The molecule has 0 spiro atoms. The van der Waals surface area contributed by atoms with Gasteiger partial charge in [-0.3, -0.25) is 4.79 Å². The zero-order valence-electron chi connectivity index (χ0n) is 12.0. The van der Waals surface area contributed by atoms with Gasteiger partial charge >= 0.3 is 0 Å². The maximum Gasteiger partial charge on any atom is 0.261 e. The van der Waals surface area contributed by atoms with Crippen molar-refractivity contribution in [1.29, 1.82) is 0 Å². The lowest BCUT2D eigenvalue weighted by Crippen LogP contribution is -2.31. The number of methoxy groups -OCH3 is 1. The topological polar surface area (TPSA) is 55.6 Å². The van der Waals surface area contributed by atoms with Crippen LogP contribution in [0.15, 0.2) is 42.5 Å². The average molecular weight is 288 g/mol. The van der Waals surface area contributed by atoms with Gasteiger partial charge in [0.05, 0.1) is 12.7 Å². The lowest BCUT2D eigenvalue weighted by atomic mass is 10.1. The summed E-state index contributed by atoms with van der Waals surface area (Å²) in [6, 6.07) is 11.1. The molecule has 0 aliphatic carbocycles. The number of nitrogens with zero attached hydrogens (tertiary/aromatic N) is 1. The largest absolute Gasteiger partial charge is 0.497 e. The molecule has 2 rings (SSSR count). The Morgan fingerprint density at radius 3 is 2.62 bits per heavy atom. The van der Waals surface area contributed by atoms with Crippen LogP contribution in [0.1, 0.15) is 17.3 Å². The van der Waals surface area contributed by atoms with Crippen molar-refractivity contribution in [2.45, 2.75) is 6.92 Å². The summed E-state index contributed by atoms with van der Waals surface area (Å²) in [5, 5.41) is 0. The summed E-state index contributed by atoms with van der Waals surface area (Å²) >= 11 is 0. The number of amides is 1. The number of carbonyl (C=O) groups is 1. The van der Waals surface area contributed by atoms with Gasteiger partial charge in [-0.25, -0.2) is 4.39 Å². The van der Waals surface area contributed by atoms with E-state index in [0.717, 1.165) is 0 Å². The molecule has 0 unspecified atom stereocenters. The third-order valence-electron chi connectivity index (χ3n) is 3.15. The second-order valence-electron chi connectivity index (χ2n) is 4.49. The molecular formula is C16H17FN2O2. The highest BCUT2D eigenvalue weighted by atomic mass is 19.1. The number of benzene rings is 2. The number of ether oxygens (including phenoxy) is 1.